The number of rotatable bonds is 3. The molecule has 0 saturated heterocycles. The zero-order valence-corrected chi connectivity index (χ0v) is 7.57. The number of likely N-dealkylation sites (N-methyl/N-ethyl adjacent to an activating group) is 1. The molecule has 0 atom stereocenters. The van der Waals surface area contributed by atoms with Crippen LogP contribution in [0.3, 0.4) is 0 Å². The van der Waals surface area contributed by atoms with Gasteiger partial charge < -0.3 is 15.4 Å². The molecule has 0 aliphatic carbocycles. The fourth-order valence-electron chi connectivity index (χ4n) is 0.654. The van der Waals surface area contributed by atoms with Crippen molar-refractivity contribution < 1.29 is 19.1 Å². The fraction of sp³-hybridized carbons (Fsp3) is 0.571. The fourth-order valence-corrected chi connectivity index (χ4v) is 0.654. The molecular formula is C7H12N2O4. The van der Waals surface area contributed by atoms with Crippen molar-refractivity contribution in [2.45, 2.75) is 6.92 Å². The van der Waals surface area contributed by atoms with Crippen LogP contribution in [-0.2, 0) is 19.1 Å². The predicted molar refractivity (Wildman–Crippen MR) is 43.5 cm³/mol. The van der Waals surface area contributed by atoms with Crippen LogP contribution in [0, 0.1) is 0 Å². The summed E-state index contributed by atoms with van der Waals surface area (Å²) < 4.78 is 4.42. The molecule has 6 heteroatoms. The number of primary amides is 1. The van der Waals surface area contributed by atoms with Crippen LogP contribution in [0.2, 0.25) is 0 Å². The van der Waals surface area contributed by atoms with E-state index in [9.17, 15) is 14.4 Å². The third kappa shape index (κ3) is 4.09. The highest BCUT2D eigenvalue weighted by atomic mass is 16.5. The van der Waals surface area contributed by atoms with E-state index in [1.807, 2.05) is 0 Å². The summed E-state index contributed by atoms with van der Waals surface area (Å²) in [5.74, 6) is -2.54. The Morgan fingerprint density at radius 2 is 1.92 bits per heavy atom. The van der Waals surface area contributed by atoms with Gasteiger partial charge in [-0.3, -0.25) is 9.59 Å². The van der Waals surface area contributed by atoms with Gasteiger partial charge in [-0.25, -0.2) is 4.79 Å². The normalized spacial score (nSPS) is 9.08. The van der Waals surface area contributed by atoms with Gasteiger partial charge in [0.05, 0.1) is 13.2 Å². The molecule has 2 amide bonds. The summed E-state index contributed by atoms with van der Waals surface area (Å²) in [6.45, 7) is 1.41. The van der Waals surface area contributed by atoms with Crippen molar-refractivity contribution in [1.82, 2.24) is 4.90 Å². The number of carbonyl (C=O) groups is 3. The van der Waals surface area contributed by atoms with E-state index in [1.54, 1.807) is 6.92 Å². The molecule has 0 unspecified atom stereocenters. The quantitative estimate of drug-likeness (QED) is 0.431. The van der Waals surface area contributed by atoms with E-state index in [-0.39, 0.29) is 13.2 Å². The van der Waals surface area contributed by atoms with E-state index in [0.29, 0.717) is 0 Å². The minimum Gasteiger partial charge on any atom is -0.459 e. The highest BCUT2D eigenvalue weighted by molar-refractivity contribution is 6.32. The van der Waals surface area contributed by atoms with E-state index in [2.05, 4.69) is 4.74 Å². The Morgan fingerprint density at radius 1 is 1.38 bits per heavy atom. The number of esters is 1. The van der Waals surface area contributed by atoms with Crippen molar-refractivity contribution >= 4 is 17.8 Å². The maximum atomic E-state index is 11.0. The van der Waals surface area contributed by atoms with Gasteiger partial charge in [-0.15, -0.1) is 0 Å². The monoisotopic (exact) mass is 188 g/mol. The summed E-state index contributed by atoms with van der Waals surface area (Å²) in [5.41, 5.74) is 4.82. The zero-order valence-electron chi connectivity index (χ0n) is 7.57. The summed E-state index contributed by atoms with van der Waals surface area (Å²) in [6, 6.07) is 0. The Morgan fingerprint density at radius 3 is 2.31 bits per heavy atom. The van der Waals surface area contributed by atoms with Crippen LogP contribution in [-0.4, -0.2) is 42.9 Å². The van der Waals surface area contributed by atoms with Gasteiger partial charge in [-0.05, 0) is 6.92 Å². The predicted octanol–water partition coefficient (Wildman–Crippen LogP) is -1.51. The number of hydrogen-bond acceptors (Lipinski definition) is 4. The number of carbonyl (C=O) groups excluding carboxylic acids is 3. The van der Waals surface area contributed by atoms with Gasteiger partial charge in [0.15, 0.2) is 0 Å². The highest BCUT2D eigenvalue weighted by Gasteiger charge is 2.20. The second-order valence-corrected chi connectivity index (χ2v) is 2.35. The molecule has 0 saturated carbocycles. The lowest BCUT2D eigenvalue weighted by molar-refractivity contribution is -0.159. The van der Waals surface area contributed by atoms with Gasteiger partial charge in [0.1, 0.15) is 0 Å². The molecule has 0 bridgehead atoms. The lowest BCUT2D eigenvalue weighted by Crippen LogP contribution is -2.40. The number of nitrogens with two attached hydrogens (primary N) is 1. The van der Waals surface area contributed by atoms with Crippen molar-refractivity contribution in [3.8, 4) is 0 Å². The highest BCUT2D eigenvalue weighted by Crippen LogP contribution is 1.87. The topological polar surface area (TPSA) is 89.7 Å². The van der Waals surface area contributed by atoms with Crippen LogP contribution in [0.15, 0.2) is 0 Å². The molecule has 0 aromatic carbocycles. The SMILES string of the molecule is CCOC(=O)C(=O)N(C)CC(N)=O. The number of hydrogen-bond donors (Lipinski definition) is 1. The van der Waals surface area contributed by atoms with Gasteiger partial charge >= 0.3 is 11.9 Å². The van der Waals surface area contributed by atoms with Crippen LogP contribution >= 0.6 is 0 Å². The summed E-state index contributed by atoms with van der Waals surface area (Å²) in [6.07, 6.45) is 0. The molecule has 74 valence electrons. The second-order valence-electron chi connectivity index (χ2n) is 2.35. The molecule has 0 spiro atoms. The molecule has 0 radical (unpaired) electrons. The first-order chi connectivity index (χ1) is 5.99. The molecule has 6 nitrogen and oxygen atoms in total. The first kappa shape index (κ1) is 11.4. The lowest BCUT2D eigenvalue weighted by Gasteiger charge is -2.12. The van der Waals surface area contributed by atoms with Crippen molar-refractivity contribution in [2.24, 2.45) is 5.73 Å². The first-order valence-electron chi connectivity index (χ1n) is 3.69. The molecule has 0 heterocycles. The largest absolute Gasteiger partial charge is 0.459 e. The smallest absolute Gasteiger partial charge is 0.397 e. The zero-order chi connectivity index (χ0) is 10.4. The van der Waals surface area contributed by atoms with Crippen LogP contribution in [0.5, 0.6) is 0 Å². The van der Waals surface area contributed by atoms with Gasteiger partial charge in [0.25, 0.3) is 0 Å². The van der Waals surface area contributed by atoms with Gasteiger partial charge in [0.2, 0.25) is 5.91 Å². The molecular weight excluding hydrogens is 176 g/mol. The van der Waals surface area contributed by atoms with Crippen LogP contribution in [0.4, 0.5) is 0 Å². The number of nitrogens with zero attached hydrogens (tertiary/aromatic N) is 1. The summed E-state index contributed by atoms with van der Waals surface area (Å²) in [4.78, 5) is 33.1. The molecule has 0 rings (SSSR count). The van der Waals surface area contributed by atoms with Gasteiger partial charge in [-0.2, -0.15) is 0 Å². The minimum atomic E-state index is -0.980. The average molecular weight is 188 g/mol. The van der Waals surface area contributed by atoms with Crippen LogP contribution in [0.1, 0.15) is 6.92 Å². The third-order valence-corrected chi connectivity index (χ3v) is 1.19. The Labute approximate surface area is 75.6 Å². The van der Waals surface area contributed by atoms with E-state index in [1.165, 1.54) is 7.05 Å². The molecule has 0 aromatic rings. The lowest BCUT2D eigenvalue weighted by atomic mass is 10.5. The van der Waals surface area contributed by atoms with Crippen LogP contribution in [0.25, 0.3) is 0 Å². The first-order valence-corrected chi connectivity index (χ1v) is 3.69. The Hall–Kier alpha value is -1.59. The maximum absolute atomic E-state index is 11.0. The van der Waals surface area contributed by atoms with E-state index in [0.717, 1.165) is 4.90 Å². The Balaban J connectivity index is 4.09. The molecule has 0 aliphatic heterocycles. The average Bonchev–Trinajstić information content (AvgIpc) is 2.02. The summed E-state index contributed by atoms with van der Waals surface area (Å²) in [7, 11) is 1.30. The van der Waals surface area contributed by atoms with E-state index >= 15 is 0 Å². The van der Waals surface area contributed by atoms with Crippen LogP contribution < -0.4 is 5.73 Å². The summed E-state index contributed by atoms with van der Waals surface area (Å²) >= 11 is 0. The Bertz CT molecular complexity index is 227. The van der Waals surface area contributed by atoms with E-state index in [4.69, 9.17) is 5.73 Å². The molecule has 0 aliphatic rings. The van der Waals surface area contributed by atoms with Crippen molar-refractivity contribution in [3.63, 3.8) is 0 Å². The molecule has 13 heavy (non-hydrogen) atoms. The number of ether oxygens (including phenoxy) is 1. The minimum absolute atomic E-state index is 0.120. The number of amides is 2. The van der Waals surface area contributed by atoms with Crippen molar-refractivity contribution in [3.05, 3.63) is 0 Å². The third-order valence-electron chi connectivity index (χ3n) is 1.19. The second kappa shape index (κ2) is 5.13. The van der Waals surface area contributed by atoms with Gasteiger partial charge in [-0.1, -0.05) is 0 Å². The van der Waals surface area contributed by atoms with E-state index < -0.39 is 17.8 Å². The van der Waals surface area contributed by atoms with Crippen molar-refractivity contribution in [2.75, 3.05) is 20.2 Å². The standard InChI is InChI=1S/C7H12N2O4/c1-3-13-7(12)6(11)9(2)4-5(8)10/h3-4H2,1-2H3,(H2,8,10). The molecule has 0 fully saturated rings. The van der Waals surface area contributed by atoms with Gasteiger partial charge in [0, 0.05) is 7.05 Å². The summed E-state index contributed by atoms with van der Waals surface area (Å²) in [5, 5.41) is 0. The Kier molecular flexibility index (Phi) is 4.50. The maximum Gasteiger partial charge on any atom is 0.397 e. The molecule has 0 aromatic heterocycles. The van der Waals surface area contributed by atoms with Crippen molar-refractivity contribution in [1.29, 1.82) is 0 Å². The molecule has 2 N–H and O–H groups in total.